The Kier molecular flexibility index (Phi) is 3.16. The smallest absolute Gasteiger partial charge is 0.0797 e. The Balaban J connectivity index is 1.65. The Hall–Kier alpha value is -0.870. The molecule has 1 aliphatic heterocycles. The van der Waals surface area contributed by atoms with Crippen LogP contribution >= 0.6 is 0 Å². The first-order chi connectivity index (χ1) is 8.36. The van der Waals surface area contributed by atoms with E-state index in [1.54, 1.807) is 0 Å². The number of aryl methyl sites for hydroxylation is 1. The molecule has 3 rings (SSSR count). The molecule has 2 heterocycles. The molecule has 17 heavy (non-hydrogen) atoms. The van der Waals surface area contributed by atoms with Crippen molar-refractivity contribution in [3.8, 4) is 0 Å². The van der Waals surface area contributed by atoms with Crippen LogP contribution in [0.25, 0.3) is 0 Å². The van der Waals surface area contributed by atoms with Gasteiger partial charge in [0.1, 0.15) is 0 Å². The van der Waals surface area contributed by atoms with Gasteiger partial charge in [0.2, 0.25) is 0 Å². The van der Waals surface area contributed by atoms with Crippen LogP contribution in [0, 0.1) is 5.92 Å². The van der Waals surface area contributed by atoms with Crippen molar-refractivity contribution in [3.63, 3.8) is 0 Å². The van der Waals surface area contributed by atoms with Gasteiger partial charge in [-0.15, -0.1) is 0 Å². The highest BCUT2D eigenvalue weighted by Crippen LogP contribution is 2.24. The molecule has 0 unspecified atom stereocenters. The molecule has 2 N–H and O–H groups in total. The van der Waals surface area contributed by atoms with Crippen LogP contribution < -0.4 is 0 Å². The fraction of sp³-hybridized carbons (Fsp3) is 0.769. The normalized spacial score (nSPS) is 21.9. The van der Waals surface area contributed by atoms with Crippen LogP contribution in [-0.4, -0.2) is 39.9 Å². The second-order valence-corrected chi connectivity index (χ2v) is 5.43. The summed E-state index contributed by atoms with van der Waals surface area (Å²) in [6.45, 7) is 3.34. The summed E-state index contributed by atoms with van der Waals surface area (Å²) in [5.41, 5.74) is 4.10. The average molecular weight is 235 g/mol. The minimum Gasteiger partial charge on any atom is -0.396 e. The quantitative estimate of drug-likeness (QED) is 0.771. The maximum Gasteiger partial charge on any atom is 0.0797 e. The highest BCUT2D eigenvalue weighted by atomic mass is 16.3. The standard InChI is InChI=1S/C13H21N3O/c17-9-10-6-16(7-10)8-13-11-4-2-1-3-5-12(11)14-15-13/h10,17H,1-9H2,(H,14,15). The predicted octanol–water partition coefficient (Wildman–Crippen LogP) is 1.10. The molecule has 1 saturated heterocycles. The van der Waals surface area contributed by atoms with Crippen molar-refractivity contribution in [2.24, 2.45) is 5.92 Å². The van der Waals surface area contributed by atoms with Gasteiger partial charge in [0.25, 0.3) is 0 Å². The zero-order valence-electron chi connectivity index (χ0n) is 10.3. The van der Waals surface area contributed by atoms with E-state index < -0.39 is 0 Å². The lowest BCUT2D eigenvalue weighted by atomic mass is 10.00. The molecule has 4 heteroatoms. The van der Waals surface area contributed by atoms with Crippen molar-refractivity contribution in [3.05, 3.63) is 17.0 Å². The van der Waals surface area contributed by atoms with Crippen molar-refractivity contribution in [2.75, 3.05) is 19.7 Å². The average Bonchev–Trinajstić information content (AvgIpc) is 2.52. The Morgan fingerprint density at radius 1 is 1.24 bits per heavy atom. The monoisotopic (exact) mass is 235 g/mol. The molecule has 4 nitrogen and oxygen atoms in total. The summed E-state index contributed by atoms with van der Waals surface area (Å²) < 4.78 is 0. The maximum atomic E-state index is 9.01. The predicted molar refractivity (Wildman–Crippen MR) is 65.7 cm³/mol. The van der Waals surface area contributed by atoms with Gasteiger partial charge in [-0.2, -0.15) is 5.10 Å². The number of fused-ring (bicyclic) bond motifs is 1. The number of aromatic amines is 1. The van der Waals surface area contributed by atoms with Gasteiger partial charge < -0.3 is 5.11 Å². The highest BCUT2D eigenvalue weighted by molar-refractivity contribution is 5.26. The zero-order valence-corrected chi connectivity index (χ0v) is 10.3. The Morgan fingerprint density at radius 3 is 2.88 bits per heavy atom. The minimum atomic E-state index is 0.329. The van der Waals surface area contributed by atoms with E-state index >= 15 is 0 Å². The number of aliphatic hydroxyl groups is 1. The number of nitrogens with zero attached hydrogens (tertiary/aromatic N) is 2. The van der Waals surface area contributed by atoms with Crippen molar-refractivity contribution in [2.45, 2.75) is 38.6 Å². The molecule has 0 saturated carbocycles. The van der Waals surface area contributed by atoms with Gasteiger partial charge in [-0.05, 0) is 31.2 Å². The first kappa shape index (κ1) is 11.2. The van der Waals surface area contributed by atoms with Crippen LogP contribution in [0.3, 0.4) is 0 Å². The molecule has 94 valence electrons. The van der Waals surface area contributed by atoms with Crippen molar-refractivity contribution >= 4 is 0 Å². The van der Waals surface area contributed by atoms with E-state index in [1.165, 1.54) is 49.1 Å². The van der Waals surface area contributed by atoms with Crippen molar-refractivity contribution in [1.29, 1.82) is 0 Å². The molecule has 0 amide bonds. The van der Waals surface area contributed by atoms with Crippen LogP contribution in [0.4, 0.5) is 0 Å². The molecule has 1 aromatic rings. The third-order valence-corrected chi connectivity index (χ3v) is 4.06. The molecule has 0 atom stereocenters. The van der Waals surface area contributed by atoms with Gasteiger partial charge in [-0.3, -0.25) is 10.00 Å². The summed E-state index contributed by atoms with van der Waals surface area (Å²) in [6.07, 6.45) is 6.31. The Bertz CT molecular complexity index is 382. The van der Waals surface area contributed by atoms with E-state index in [0.717, 1.165) is 19.6 Å². The van der Waals surface area contributed by atoms with Crippen molar-refractivity contribution in [1.82, 2.24) is 15.1 Å². The fourth-order valence-electron chi connectivity index (χ4n) is 2.99. The third-order valence-electron chi connectivity index (χ3n) is 4.06. The van der Waals surface area contributed by atoms with Gasteiger partial charge >= 0.3 is 0 Å². The van der Waals surface area contributed by atoms with Crippen LogP contribution in [-0.2, 0) is 19.4 Å². The molecule has 0 aromatic carbocycles. The molecule has 0 spiro atoms. The number of aromatic nitrogens is 2. The molecular formula is C13H21N3O. The summed E-state index contributed by atoms with van der Waals surface area (Å²) >= 11 is 0. The summed E-state index contributed by atoms with van der Waals surface area (Å²) in [4.78, 5) is 2.38. The second-order valence-electron chi connectivity index (χ2n) is 5.43. The number of nitrogens with one attached hydrogen (secondary N) is 1. The van der Waals surface area contributed by atoms with Gasteiger partial charge in [0, 0.05) is 37.9 Å². The van der Waals surface area contributed by atoms with E-state index in [1.807, 2.05) is 0 Å². The lowest BCUT2D eigenvalue weighted by Crippen LogP contribution is -2.47. The molecular weight excluding hydrogens is 214 g/mol. The van der Waals surface area contributed by atoms with Crippen LogP contribution in [0.15, 0.2) is 0 Å². The van der Waals surface area contributed by atoms with E-state index in [4.69, 9.17) is 5.11 Å². The van der Waals surface area contributed by atoms with E-state index in [2.05, 4.69) is 15.1 Å². The fourth-order valence-corrected chi connectivity index (χ4v) is 2.99. The summed E-state index contributed by atoms with van der Waals surface area (Å²) in [5.74, 6) is 0.493. The number of H-pyrrole nitrogens is 1. The zero-order chi connectivity index (χ0) is 11.7. The van der Waals surface area contributed by atoms with Crippen LogP contribution in [0.5, 0.6) is 0 Å². The van der Waals surface area contributed by atoms with Gasteiger partial charge in [0.05, 0.1) is 5.69 Å². The van der Waals surface area contributed by atoms with E-state index in [9.17, 15) is 0 Å². The topological polar surface area (TPSA) is 52.1 Å². The number of rotatable bonds is 3. The lowest BCUT2D eigenvalue weighted by molar-refractivity contribution is 0.0468. The second kappa shape index (κ2) is 4.78. The number of hydrogen-bond acceptors (Lipinski definition) is 3. The largest absolute Gasteiger partial charge is 0.396 e. The van der Waals surface area contributed by atoms with Gasteiger partial charge in [-0.1, -0.05) is 6.42 Å². The Morgan fingerprint density at radius 2 is 2.06 bits per heavy atom. The molecule has 1 fully saturated rings. The number of hydrogen-bond donors (Lipinski definition) is 2. The molecule has 1 aromatic heterocycles. The van der Waals surface area contributed by atoms with E-state index in [0.29, 0.717) is 12.5 Å². The van der Waals surface area contributed by atoms with E-state index in [-0.39, 0.29) is 0 Å². The molecule has 1 aliphatic carbocycles. The van der Waals surface area contributed by atoms with Gasteiger partial charge in [-0.25, -0.2) is 0 Å². The molecule has 0 bridgehead atoms. The summed E-state index contributed by atoms with van der Waals surface area (Å²) in [6, 6.07) is 0. The van der Waals surface area contributed by atoms with Crippen LogP contribution in [0.2, 0.25) is 0 Å². The first-order valence-corrected chi connectivity index (χ1v) is 6.75. The molecule has 2 aliphatic rings. The summed E-state index contributed by atoms with van der Waals surface area (Å²) in [7, 11) is 0. The molecule has 0 radical (unpaired) electrons. The number of aliphatic hydroxyl groups excluding tert-OH is 1. The van der Waals surface area contributed by atoms with Gasteiger partial charge in [0.15, 0.2) is 0 Å². The van der Waals surface area contributed by atoms with Crippen LogP contribution in [0.1, 0.15) is 36.2 Å². The first-order valence-electron chi connectivity index (χ1n) is 6.75. The summed E-state index contributed by atoms with van der Waals surface area (Å²) in [5, 5.41) is 16.7. The number of likely N-dealkylation sites (tertiary alicyclic amines) is 1. The maximum absolute atomic E-state index is 9.01. The lowest BCUT2D eigenvalue weighted by Gasteiger charge is -2.37. The third kappa shape index (κ3) is 2.24. The van der Waals surface area contributed by atoms with Crippen molar-refractivity contribution < 1.29 is 5.11 Å². The highest BCUT2D eigenvalue weighted by Gasteiger charge is 2.27. The minimum absolute atomic E-state index is 0.329. The Labute approximate surface area is 102 Å². The SMILES string of the molecule is OCC1CN(Cc2n[nH]c3c2CCCCC3)C1.